The Morgan fingerprint density at radius 2 is 1.84 bits per heavy atom. The summed E-state index contributed by atoms with van der Waals surface area (Å²) < 4.78 is 0. The lowest BCUT2D eigenvalue weighted by atomic mass is 9.99. The number of rotatable bonds is 7. The van der Waals surface area contributed by atoms with E-state index in [9.17, 15) is 10.1 Å². The lowest BCUT2D eigenvalue weighted by molar-refractivity contribution is -0.118. The molecule has 6 nitrogen and oxygen atoms in total. The minimum Gasteiger partial charge on any atom is -0.355 e. The van der Waals surface area contributed by atoms with E-state index in [1.165, 1.54) is 6.92 Å². The highest BCUT2D eigenvalue weighted by Crippen LogP contribution is 2.30. The number of carbonyl (C=O) groups excluding carboxylic acids is 1. The van der Waals surface area contributed by atoms with Crippen LogP contribution in [0.1, 0.15) is 18.1 Å². The van der Waals surface area contributed by atoms with Gasteiger partial charge in [0.1, 0.15) is 17.4 Å². The maximum Gasteiger partial charge on any atom is 0.216 e. The van der Waals surface area contributed by atoms with Crippen LogP contribution in [0.15, 0.2) is 66.7 Å². The zero-order valence-electron chi connectivity index (χ0n) is 17.3. The molecule has 0 radical (unpaired) electrons. The van der Waals surface area contributed by atoms with Crippen LogP contribution in [-0.4, -0.2) is 29.0 Å². The van der Waals surface area contributed by atoms with Crippen molar-refractivity contribution in [2.75, 3.05) is 13.1 Å². The van der Waals surface area contributed by atoms with E-state index in [1.807, 2.05) is 60.7 Å². The number of nitrogens with zero attached hydrogens (tertiary/aromatic N) is 2. The SMILES string of the molecule is CC(=O)NCCNCc1cccc(-c2nc3c(C#N)c(-c4ccccc4)ccc3[nH]2)c1. The standard InChI is InChI=1S/C25H23N5O/c1-17(31)28-13-12-27-16-18-6-5-9-20(14-18)25-29-23-11-10-21(19-7-3-2-4-8-19)22(15-26)24(23)30-25/h2-11,14,27H,12-13,16H2,1H3,(H,28,31)(H,29,30). The molecule has 3 N–H and O–H groups in total. The van der Waals surface area contributed by atoms with Crippen LogP contribution in [0.4, 0.5) is 0 Å². The molecule has 1 heterocycles. The number of nitrogens with one attached hydrogen (secondary N) is 3. The van der Waals surface area contributed by atoms with Crippen molar-refractivity contribution in [1.29, 1.82) is 5.26 Å². The van der Waals surface area contributed by atoms with E-state index in [0.717, 1.165) is 33.6 Å². The summed E-state index contributed by atoms with van der Waals surface area (Å²) in [6.07, 6.45) is 0. The second kappa shape index (κ2) is 9.24. The average Bonchev–Trinajstić information content (AvgIpc) is 3.23. The first-order valence-corrected chi connectivity index (χ1v) is 10.2. The number of amides is 1. The molecule has 0 unspecified atom stereocenters. The van der Waals surface area contributed by atoms with Gasteiger partial charge in [0.2, 0.25) is 5.91 Å². The third-order valence-electron chi connectivity index (χ3n) is 5.06. The highest BCUT2D eigenvalue weighted by Gasteiger charge is 2.14. The summed E-state index contributed by atoms with van der Waals surface area (Å²) >= 11 is 0. The van der Waals surface area contributed by atoms with Crippen molar-refractivity contribution in [2.45, 2.75) is 13.5 Å². The molecule has 0 atom stereocenters. The number of carbonyl (C=O) groups is 1. The monoisotopic (exact) mass is 409 g/mol. The normalized spacial score (nSPS) is 10.7. The third kappa shape index (κ3) is 4.63. The number of fused-ring (bicyclic) bond motifs is 1. The first kappa shape index (κ1) is 20.3. The quantitative estimate of drug-likeness (QED) is 0.402. The summed E-state index contributed by atoms with van der Waals surface area (Å²) in [5.74, 6) is 0.706. The van der Waals surface area contributed by atoms with Gasteiger partial charge in [-0.1, -0.05) is 54.6 Å². The molecule has 0 aliphatic rings. The van der Waals surface area contributed by atoms with Crippen LogP contribution >= 0.6 is 0 Å². The molecule has 3 aromatic carbocycles. The van der Waals surface area contributed by atoms with E-state index in [1.54, 1.807) is 0 Å². The van der Waals surface area contributed by atoms with Crippen molar-refractivity contribution in [3.63, 3.8) is 0 Å². The Kier molecular flexibility index (Phi) is 6.06. The molecule has 0 spiro atoms. The Labute approximate surface area is 180 Å². The van der Waals surface area contributed by atoms with E-state index >= 15 is 0 Å². The number of benzene rings is 3. The second-order valence-electron chi connectivity index (χ2n) is 7.31. The minimum atomic E-state index is -0.0270. The van der Waals surface area contributed by atoms with E-state index in [4.69, 9.17) is 4.98 Å². The van der Waals surface area contributed by atoms with Crippen LogP contribution in [0.2, 0.25) is 0 Å². The molecule has 0 bridgehead atoms. The van der Waals surface area contributed by atoms with Crippen LogP contribution in [0.3, 0.4) is 0 Å². The maximum absolute atomic E-state index is 10.9. The molecule has 6 heteroatoms. The van der Waals surface area contributed by atoms with Gasteiger partial charge in [-0.25, -0.2) is 4.98 Å². The number of aromatic nitrogens is 2. The maximum atomic E-state index is 10.9. The first-order chi connectivity index (χ1) is 15.2. The third-order valence-corrected chi connectivity index (χ3v) is 5.06. The highest BCUT2D eigenvalue weighted by atomic mass is 16.1. The van der Waals surface area contributed by atoms with Gasteiger partial charge in [0.15, 0.2) is 0 Å². The highest BCUT2D eigenvalue weighted by molar-refractivity contribution is 5.91. The number of hydrogen-bond acceptors (Lipinski definition) is 4. The summed E-state index contributed by atoms with van der Waals surface area (Å²) in [6, 6.07) is 24.3. The summed E-state index contributed by atoms with van der Waals surface area (Å²) in [5.41, 5.74) is 6.04. The lowest BCUT2D eigenvalue weighted by Gasteiger charge is -2.06. The number of nitriles is 1. The van der Waals surface area contributed by atoms with Gasteiger partial charge in [-0.2, -0.15) is 5.26 Å². The predicted molar refractivity (Wildman–Crippen MR) is 122 cm³/mol. The predicted octanol–water partition coefficient (Wildman–Crippen LogP) is 3.99. The van der Waals surface area contributed by atoms with Gasteiger partial charge in [0, 0.05) is 37.7 Å². The Balaban J connectivity index is 1.59. The van der Waals surface area contributed by atoms with Gasteiger partial charge in [0.05, 0.1) is 11.1 Å². The second-order valence-corrected chi connectivity index (χ2v) is 7.31. The molecular weight excluding hydrogens is 386 g/mol. The zero-order valence-corrected chi connectivity index (χ0v) is 17.3. The molecular formula is C25H23N5O. The summed E-state index contributed by atoms with van der Waals surface area (Å²) in [6.45, 7) is 3.49. The van der Waals surface area contributed by atoms with Crippen LogP contribution in [-0.2, 0) is 11.3 Å². The topological polar surface area (TPSA) is 93.6 Å². The van der Waals surface area contributed by atoms with Crippen molar-refractivity contribution in [1.82, 2.24) is 20.6 Å². The number of H-pyrrole nitrogens is 1. The van der Waals surface area contributed by atoms with Crippen molar-refractivity contribution in [2.24, 2.45) is 0 Å². The van der Waals surface area contributed by atoms with Crippen LogP contribution in [0, 0.1) is 11.3 Å². The fourth-order valence-corrected chi connectivity index (χ4v) is 3.57. The number of aromatic amines is 1. The Morgan fingerprint density at radius 3 is 2.61 bits per heavy atom. The Bertz CT molecular complexity index is 1250. The molecule has 1 aromatic heterocycles. The Morgan fingerprint density at radius 1 is 1.03 bits per heavy atom. The Hall–Kier alpha value is -3.95. The fraction of sp³-hybridized carbons (Fsp3) is 0.160. The van der Waals surface area contributed by atoms with Crippen molar-refractivity contribution < 1.29 is 4.79 Å². The largest absolute Gasteiger partial charge is 0.355 e. The van der Waals surface area contributed by atoms with E-state index < -0.39 is 0 Å². The van der Waals surface area contributed by atoms with Crippen molar-refractivity contribution in [3.05, 3.63) is 77.9 Å². The van der Waals surface area contributed by atoms with Crippen LogP contribution in [0.5, 0.6) is 0 Å². The lowest BCUT2D eigenvalue weighted by Crippen LogP contribution is -2.29. The van der Waals surface area contributed by atoms with Crippen molar-refractivity contribution >= 4 is 16.9 Å². The fourth-order valence-electron chi connectivity index (χ4n) is 3.57. The van der Waals surface area contributed by atoms with Crippen molar-refractivity contribution in [3.8, 4) is 28.6 Å². The van der Waals surface area contributed by atoms with E-state index in [-0.39, 0.29) is 5.91 Å². The molecule has 4 rings (SSSR count). The minimum absolute atomic E-state index is 0.0270. The van der Waals surface area contributed by atoms with Crippen LogP contribution in [0.25, 0.3) is 33.5 Å². The molecule has 154 valence electrons. The molecule has 0 saturated carbocycles. The van der Waals surface area contributed by atoms with Crippen LogP contribution < -0.4 is 10.6 Å². The van der Waals surface area contributed by atoms with Gasteiger partial charge >= 0.3 is 0 Å². The van der Waals surface area contributed by atoms with E-state index in [0.29, 0.717) is 30.7 Å². The smallest absolute Gasteiger partial charge is 0.216 e. The van der Waals surface area contributed by atoms with E-state index in [2.05, 4.69) is 27.8 Å². The van der Waals surface area contributed by atoms with Gasteiger partial charge in [0.25, 0.3) is 0 Å². The van der Waals surface area contributed by atoms with Gasteiger partial charge in [-0.05, 0) is 23.3 Å². The molecule has 0 fully saturated rings. The molecule has 31 heavy (non-hydrogen) atoms. The summed E-state index contributed by atoms with van der Waals surface area (Å²) in [5, 5.41) is 15.9. The number of hydrogen-bond donors (Lipinski definition) is 3. The molecule has 0 aliphatic carbocycles. The summed E-state index contributed by atoms with van der Waals surface area (Å²) in [7, 11) is 0. The molecule has 0 aliphatic heterocycles. The molecule has 0 saturated heterocycles. The first-order valence-electron chi connectivity index (χ1n) is 10.2. The zero-order chi connectivity index (χ0) is 21.6. The molecule has 4 aromatic rings. The summed E-state index contributed by atoms with van der Waals surface area (Å²) in [4.78, 5) is 19.0. The van der Waals surface area contributed by atoms with Gasteiger partial charge in [-0.15, -0.1) is 0 Å². The van der Waals surface area contributed by atoms with Gasteiger partial charge in [-0.3, -0.25) is 4.79 Å². The van der Waals surface area contributed by atoms with Gasteiger partial charge < -0.3 is 15.6 Å². The molecule has 1 amide bonds. The average molecular weight is 409 g/mol. The number of imidazole rings is 1.